The van der Waals surface area contributed by atoms with Crippen molar-refractivity contribution in [3.8, 4) is 22.5 Å². The first-order valence-electron chi connectivity index (χ1n) is 6.48. The second-order valence-corrected chi connectivity index (χ2v) is 5.05. The van der Waals surface area contributed by atoms with Crippen molar-refractivity contribution in [1.29, 1.82) is 0 Å². The Bertz CT molecular complexity index is 800. The van der Waals surface area contributed by atoms with Crippen LogP contribution in [0.3, 0.4) is 0 Å². The maximum Gasteiger partial charge on any atom is 0.269 e. The van der Waals surface area contributed by atoms with Crippen LogP contribution in [0.2, 0.25) is 5.02 Å². The molecule has 0 saturated heterocycles. The van der Waals surface area contributed by atoms with Gasteiger partial charge in [-0.2, -0.15) is 0 Å². The standard InChI is InChI=1S/C16H10ClN3O2/c17-13-5-1-11(2-6-13)15-9-10-16(19-18-15)12-3-7-14(8-4-12)20(21)22/h1-10H. The molecule has 0 N–H and O–H groups in total. The van der Waals surface area contributed by atoms with Gasteiger partial charge in [-0.05, 0) is 36.4 Å². The lowest BCUT2D eigenvalue weighted by molar-refractivity contribution is -0.384. The highest BCUT2D eigenvalue weighted by Crippen LogP contribution is 2.23. The molecular formula is C16H10ClN3O2. The SMILES string of the molecule is O=[N+]([O-])c1ccc(-c2ccc(-c3ccc(Cl)cc3)nn2)cc1. The number of aromatic nitrogens is 2. The van der Waals surface area contributed by atoms with Gasteiger partial charge < -0.3 is 0 Å². The van der Waals surface area contributed by atoms with Crippen LogP contribution in [0.25, 0.3) is 22.5 Å². The molecule has 0 saturated carbocycles. The molecule has 22 heavy (non-hydrogen) atoms. The Balaban J connectivity index is 1.87. The van der Waals surface area contributed by atoms with Crippen LogP contribution < -0.4 is 0 Å². The highest BCUT2D eigenvalue weighted by atomic mass is 35.5. The summed E-state index contributed by atoms with van der Waals surface area (Å²) in [4.78, 5) is 10.2. The Hall–Kier alpha value is -2.79. The van der Waals surface area contributed by atoms with Gasteiger partial charge in [0, 0.05) is 28.3 Å². The van der Waals surface area contributed by atoms with E-state index in [4.69, 9.17) is 11.6 Å². The van der Waals surface area contributed by atoms with Gasteiger partial charge in [-0.1, -0.05) is 23.7 Å². The Morgan fingerprint density at radius 2 is 1.23 bits per heavy atom. The van der Waals surface area contributed by atoms with Gasteiger partial charge in [0.2, 0.25) is 0 Å². The molecule has 1 heterocycles. The highest BCUT2D eigenvalue weighted by Gasteiger charge is 2.07. The molecular weight excluding hydrogens is 302 g/mol. The van der Waals surface area contributed by atoms with Crippen molar-refractivity contribution >= 4 is 17.3 Å². The molecule has 2 aromatic carbocycles. The van der Waals surface area contributed by atoms with Crippen molar-refractivity contribution in [2.45, 2.75) is 0 Å². The molecule has 0 aliphatic rings. The number of non-ortho nitro benzene ring substituents is 1. The molecule has 0 aliphatic heterocycles. The van der Waals surface area contributed by atoms with E-state index in [0.29, 0.717) is 10.7 Å². The van der Waals surface area contributed by atoms with E-state index in [2.05, 4.69) is 10.2 Å². The van der Waals surface area contributed by atoms with Gasteiger partial charge in [0.05, 0.1) is 16.3 Å². The van der Waals surface area contributed by atoms with Gasteiger partial charge in [-0.15, -0.1) is 10.2 Å². The third-order valence-corrected chi connectivity index (χ3v) is 3.43. The van der Waals surface area contributed by atoms with Crippen molar-refractivity contribution in [1.82, 2.24) is 10.2 Å². The zero-order chi connectivity index (χ0) is 15.5. The van der Waals surface area contributed by atoms with Gasteiger partial charge in [-0.3, -0.25) is 10.1 Å². The molecule has 0 spiro atoms. The van der Waals surface area contributed by atoms with Gasteiger partial charge >= 0.3 is 0 Å². The van der Waals surface area contributed by atoms with Crippen molar-refractivity contribution in [2.75, 3.05) is 0 Å². The normalized spacial score (nSPS) is 10.4. The van der Waals surface area contributed by atoms with E-state index in [1.54, 1.807) is 24.3 Å². The summed E-state index contributed by atoms with van der Waals surface area (Å²) in [6.45, 7) is 0. The minimum atomic E-state index is -0.431. The quantitative estimate of drug-likeness (QED) is 0.532. The zero-order valence-corrected chi connectivity index (χ0v) is 12.1. The highest BCUT2D eigenvalue weighted by molar-refractivity contribution is 6.30. The van der Waals surface area contributed by atoms with Crippen LogP contribution in [-0.4, -0.2) is 15.1 Å². The summed E-state index contributed by atoms with van der Waals surface area (Å²) >= 11 is 5.86. The molecule has 0 atom stereocenters. The summed E-state index contributed by atoms with van der Waals surface area (Å²) in [6, 6.07) is 17.2. The number of nitro benzene ring substituents is 1. The van der Waals surface area contributed by atoms with Crippen molar-refractivity contribution in [2.24, 2.45) is 0 Å². The van der Waals surface area contributed by atoms with E-state index in [9.17, 15) is 10.1 Å². The maximum atomic E-state index is 10.6. The molecule has 6 heteroatoms. The Kier molecular flexibility index (Phi) is 3.80. The average molecular weight is 312 g/mol. The topological polar surface area (TPSA) is 68.9 Å². The lowest BCUT2D eigenvalue weighted by Gasteiger charge is -2.03. The van der Waals surface area contributed by atoms with Crippen molar-refractivity contribution in [3.05, 3.63) is 75.8 Å². The van der Waals surface area contributed by atoms with Gasteiger partial charge in [0.25, 0.3) is 5.69 Å². The Morgan fingerprint density at radius 1 is 0.773 bits per heavy atom. The first kappa shape index (κ1) is 14.2. The molecule has 5 nitrogen and oxygen atoms in total. The number of hydrogen-bond acceptors (Lipinski definition) is 4. The van der Waals surface area contributed by atoms with Crippen LogP contribution in [0.1, 0.15) is 0 Å². The maximum absolute atomic E-state index is 10.6. The molecule has 3 rings (SSSR count). The molecule has 0 unspecified atom stereocenters. The van der Waals surface area contributed by atoms with E-state index in [-0.39, 0.29) is 5.69 Å². The Labute approximate surface area is 131 Å². The minimum Gasteiger partial charge on any atom is -0.258 e. The molecule has 1 aromatic heterocycles. The van der Waals surface area contributed by atoms with Crippen molar-refractivity contribution < 1.29 is 4.92 Å². The van der Waals surface area contributed by atoms with Crippen LogP contribution in [0.5, 0.6) is 0 Å². The van der Waals surface area contributed by atoms with E-state index in [1.807, 2.05) is 24.3 Å². The second kappa shape index (κ2) is 5.91. The van der Waals surface area contributed by atoms with Crippen LogP contribution in [-0.2, 0) is 0 Å². The van der Waals surface area contributed by atoms with E-state index in [1.165, 1.54) is 12.1 Å². The molecule has 0 amide bonds. The molecule has 0 radical (unpaired) electrons. The van der Waals surface area contributed by atoms with Gasteiger partial charge in [-0.25, -0.2) is 0 Å². The first-order valence-corrected chi connectivity index (χ1v) is 6.86. The Morgan fingerprint density at radius 3 is 1.64 bits per heavy atom. The van der Waals surface area contributed by atoms with Gasteiger partial charge in [0.15, 0.2) is 0 Å². The molecule has 108 valence electrons. The predicted octanol–water partition coefficient (Wildman–Crippen LogP) is 4.37. The molecule has 0 fully saturated rings. The summed E-state index contributed by atoms with van der Waals surface area (Å²) in [5.41, 5.74) is 3.15. The third kappa shape index (κ3) is 2.94. The van der Waals surface area contributed by atoms with Crippen LogP contribution in [0.15, 0.2) is 60.7 Å². The first-order chi connectivity index (χ1) is 10.6. The molecule has 3 aromatic rings. The average Bonchev–Trinajstić information content (AvgIpc) is 2.56. The van der Waals surface area contributed by atoms with Crippen LogP contribution in [0.4, 0.5) is 5.69 Å². The summed E-state index contributed by atoms with van der Waals surface area (Å²) in [5.74, 6) is 0. The summed E-state index contributed by atoms with van der Waals surface area (Å²) in [5, 5.41) is 19.7. The number of benzene rings is 2. The largest absolute Gasteiger partial charge is 0.269 e. The fraction of sp³-hybridized carbons (Fsp3) is 0. The number of hydrogen-bond donors (Lipinski definition) is 0. The summed E-state index contributed by atoms with van der Waals surface area (Å²) in [6.07, 6.45) is 0. The third-order valence-electron chi connectivity index (χ3n) is 3.18. The molecule has 0 bridgehead atoms. The lowest BCUT2D eigenvalue weighted by Crippen LogP contribution is -1.91. The number of rotatable bonds is 3. The summed E-state index contributed by atoms with van der Waals surface area (Å²) < 4.78 is 0. The van der Waals surface area contributed by atoms with E-state index in [0.717, 1.165) is 16.8 Å². The minimum absolute atomic E-state index is 0.0505. The second-order valence-electron chi connectivity index (χ2n) is 4.61. The summed E-state index contributed by atoms with van der Waals surface area (Å²) in [7, 11) is 0. The van der Waals surface area contributed by atoms with Crippen LogP contribution in [0, 0.1) is 10.1 Å². The van der Waals surface area contributed by atoms with Crippen molar-refractivity contribution in [3.63, 3.8) is 0 Å². The number of halogens is 1. The predicted molar refractivity (Wildman–Crippen MR) is 84.6 cm³/mol. The fourth-order valence-electron chi connectivity index (χ4n) is 2.01. The smallest absolute Gasteiger partial charge is 0.258 e. The number of nitrogens with zero attached hydrogens (tertiary/aromatic N) is 3. The van der Waals surface area contributed by atoms with E-state index >= 15 is 0 Å². The fourth-order valence-corrected chi connectivity index (χ4v) is 2.14. The van der Waals surface area contributed by atoms with Gasteiger partial charge in [0.1, 0.15) is 0 Å². The van der Waals surface area contributed by atoms with Crippen LogP contribution >= 0.6 is 11.6 Å². The lowest BCUT2D eigenvalue weighted by atomic mass is 10.1. The zero-order valence-electron chi connectivity index (χ0n) is 11.3. The number of nitro groups is 1. The monoisotopic (exact) mass is 311 g/mol. The molecule has 0 aliphatic carbocycles. The van der Waals surface area contributed by atoms with E-state index < -0.39 is 4.92 Å².